The van der Waals surface area contributed by atoms with Crippen molar-refractivity contribution >= 4 is 39.4 Å². The van der Waals surface area contributed by atoms with Crippen molar-refractivity contribution in [3.63, 3.8) is 0 Å². The lowest BCUT2D eigenvalue weighted by molar-refractivity contribution is -0.192. The van der Waals surface area contributed by atoms with Crippen LogP contribution in [0.15, 0.2) is 29.4 Å². The first-order chi connectivity index (χ1) is 18.6. The molecular formula is C25H32ClF3N4O6S. The molecule has 222 valence electrons. The van der Waals surface area contributed by atoms with Crippen LogP contribution in [-0.4, -0.2) is 77.9 Å². The van der Waals surface area contributed by atoms with Crippen LogP contribution in [0, 0.1) is 13.8 Å². The third-order valence-electron chi connectivity index (χ3n) is 6.88. The molecule has 3 aliphatic rings. The largest absolute Gasteiger partial charge is 0.490 e. The van der Waals surface area contributed by atoms with Crippen LogP contribution in [0.25, 0.3) is 0 Å². The Hall–Kier alpha value is -2.84. The number of hydrogen-bond donors (Lipinski definition) is 3. The van der Waals surface area contributed by atoms with E-state index >= 15 is 0 Å². The number of amides is 2. The molecule has 0 spiro atoms. The maximum absolute atomic E-state index is 13.5. The number of carboxylic acids is 1. The fourth-order valence-electron chi connectivity index (χ4n) is 4.61. The number of carboxylic acid groups (broad SMARTS) is 1. The van der Waals surface area contributed by atoms with Gasteiger partial charge < -0.3 is 20.6 Å². The fourth-order valence-corrected chi connectivity index (χ4v) is 6.58. The molecule has 2 fully saturated rings. The number of benzene rings is 1. The third kappa shape index (κ3) is 8.10. The molecule has 2 atom stereocenters. The van der Waals surface area contributed by atoms with Crippen molar-refractivity contribution in [1.29, 1.82) is 0 Å². The molecule has 0 bridgehead atoms. The van der Waals surface area contributed by atoms with Gasteiger partial charge in [0.2, 0.25) is 11.8 Å². The van der Waals surface area contributed by atoms with Crippen LogP contribution < -0.4 is 10.6 Å². The number of nitrogens with one attached hydrogen (secondary N) is 2. The van der Waals surface area contributed by atoms with Crippen molar-refractivity contribution in [3.05, 3.63) is 40.7 Å². The smallest absolute Gasteiger partial charge is 0.475 e. The highest BCUT2D eigenvalue weighted by molar-refractivity contribution is 7.89. The normalized spacial score (nSPS) is 22.1. The number of rotatable bonds is 6. The zero-order valence-corrected chi connectivity index (χ0v) is 23.6. The van der Waals surface area contributed by atoms with E-state index in [0.29, 0.717) is 22.2 Å². The fraction of sp³-hybridized carbons (Fsp3) is 0.560. The van der Waals surface area contributed by atoms with E-state index < -0.39 is 34.1 Å². The average Bonchev–Trinajstić information content (AvgIpc) is 3.70. The first kappa shape index (κ1) is 31.7. The van der Waals surface area contributed by atoms with Crippen molar-refractivity contribution in [2.45, 2.75) is 81.6 Å². The Labute approximate surface area is 235 Å². The van der Waals surface area contributed by atoms with E-state index in [1.54, 1.807) is 19.9 Å². The van der Waals surface area contributed by atoms with E-state index in [4.69, 9.17) is 21.5 Å². The summed E-state index contributed by atoms with van der Waals surface area (Å²) < 4.78 is 59.7. The molecule has 2 amide bonds. The topological polar surface area (TPSA) is 136 Å². The minimum Gasteiger partial charge on any atom is -0.475 e. The van der Waals surface area contributed by atoms with E-state index in [1.807, 2.05) is 0 Å². The predicted molar refractivity (Wildman–Crippen MR) is 140 cm³/mol. The molecule has 1 saturated heterocycles. The summed E-state index contributed by atoms with van der Waals surface area (Å²) in [5.41, 5.74) is 1.10. The number of hydrogen-bond acceptors (Lipinski definition) is 6. The minimum atomic E-state index is -5.08. The number of carbonyl (C=O) groups is 3. The second-order valence-electron chi connectivity index (χ2n) is 10.0. The molecular weight excluding hydrogens is 577 g/mol. The minimum absolute atomic E-state index is 0.0367. The molecule has 1 aliphatic carbocycles. The van der Waals surface area contributed by atoms with Crippen molar-refractivity contribution < 1.29 is 41.1 Å². The van der Waals surface area contributed by atoms with Crippen molar-refractivity contribution in [1.82, 2.24) is 19.8 Å². The first-order valence-corrected chi connectivity index (χ1v) is 14.5. The Morgan fingerprint density at radius 1 is 1.12 bits per heavy atom. The van der Waals surface area contributed by atoms with E-state index in [1.165, 1.54) is 31.3 Å². The summed E-state index contributed by atoms with van der Waals surface area (Å²) in [5.74, 6) is -3.60. The van der Waals surface area contributed by atoms with Gasteiger partial charge in [-0.3, -0.25) is 13.9 Å². The zero-order chi connectivity index (χ0) is 29.8. The lowest BCUT2D eigenvalue weighted by Crippen LogP contribution is -2.51. The van der Waals surface area contributed by atoms with E-state index in [-0.39, 0.29) is 23.3 Å². The molecule has 15 heteroatoms. The number of aryl methyl sites for hydroxylation is 2. The second kappa shape index (κ2) is 12.8. The van der Waals surface area contributed by atoms with Gasteiger partial charge in [0.25, 0.3) is 10.0 Å². The molecule has 2 heterocycles. The maximum atomic E-state index is 13.5. The van der Waals surface area contributed by atoms with Crippen LogP contribution in [0.5, 0.6) is 0 Å². The molecule has 3 N–H and O–H groups in total. The Kier molecular flexibility index (Phi) is 10.1. The number of carbonyl (C=O) groups excluding carboxylic acids is 2. The number of likely N-dealkylation sites (tertiary alicyclic amines) is 1. The van der Waals surface area contributed by atoms with Gasteiger partial charge in [0.15, 0.2) is 0 Å². The number of aliphatic carboxylic acids is 1. The molecule has 40 heavy (non-hydrogen) atoms. The Balaban J connectivity index is 0.000000559. The molecule has 1 aromatic rings. The van der Waals surface area contributed by atoms with Crippen LogP contribution in [-0.2, 0) is 24.4 Å². The quantitative estimate of drug-likeness (QED) is 0.452. The van der Waals surface area contributed by atoms with Crippen molar-refractivity contribution in [2.24, 2.45) is 0 Å². The van der Waals surface area contributed by atoms with Crippen molar-refractivity contribution in [2.75, 3.05) is 13.1 Å². The summed E-state index contributed by atoms with van der Waals surface area (Å²) in [6.45, 7) is 5.39. The molecule has 1 saturated carbocycles. The third-order valence-corrected chi connectivity index (χ3v) is 9.21. The molecule has 10 nitrogen and oxygen atoms in total. The summed E-state index contributed by atoms with van der Waals surface area (Å²) >= 11 is 6.13. The van der Waals surface area contributed by atoms with Gasteiger partial charge in [-0.05, 0) is 75.8 Å². The second-order valence-corrected chi connectivity index (χ2v) is 12.2. The summed E-state index contributed by atoms with van der Waals surface area (Å²) in [4.78, 5) is 37.0. The Morgan fingerprint density at radius 3 is 2.38 bits per heavy atom. The maximum Gasteiger partial charge on any atom is 0.490 e. The summed E-state index contributed by atoms with van der Waals surface area (Å²) in [6, 6.07) is 2.67. The number of sulfonamides is 1. The highest BCUT2D eigenvalue weighted by Gasteiger charge is 2.39. The Bertz CT molecular complexity index is 1270. The SMILES string of the molecule is Cc1cc(S(=O)(=O)N2C=CNC(=O)[C@H]2CC(=O)N[C@@H]2CCCN(C3CC3)CC2)c(C)cc1Cl.O=C(O)C(F)(F)F. The lowest BCUT2D eigenvalue weighted by Gasteiger charge is -2.32. The van der Waals surface area contributed by atoms with Gasteiger partial charge in [-0.25, -0.2) is 13.2 Å². The molecule has 0 unspecified atom stereocenters. The van der Waals surface area contributed by atoms with Gasteiger partial charge in [-0.15, -0.1) is 0 Å². The van der Waals surface area contributed by atoms with Gasteiger partial charge in [0, 0.05) is 36.1 Å². The monoisotopic (exact) mass is 608 g/mol. The predicted octanol–water partition coefficient (Wildman–Crippen LogP) is 3.07. The van der Waals surface area contributed by atoms with Gasteiger partial charge in [-0.2, -0.15) is 13.2 Å². The van der Waals surface area contributed by atoms with E-state index in [9.17, 15) is 31.2 Å². The molecule has 1 aromatic carbocycles. The summed E-state index contributed by atoms with van der Waals surface area (Å²) in [7, 11) is -4.07. The Morgan fingerprint density at radius 2 is 1.77 bits per heavy atom. The zero-order valence-electron chi connectivity index (χ0n) is 22.0. The van der Waals surface area contributed by atoms with Crippen LogP contribution >= 0.6 is 11.6 Å². The average molecular weight is 609 g/mol. The summed E-state index contributed by atoms with van der Waals surface area (Å²) in [6.07, 6.45) is 2.55. The molecule has 4 rings (SSSR count). The van der Waals surface area contributed by atoms with Gasteiger partial charge in [-0.1, -0.05) is 11.6 Å². The van der Waals surface area contributed by atoms with Crippen molar-refractivity contribution in [3.8, 4) is 0 Å². The van der Waals surface area contributed by atoms with Crippen LogP contribution in [0.2, 0.25) is 5.02 Å². The molecule has 0 radical (unpaired) electrons. The van der Waals surface area contributed by atoms with Gasteiger partial charge >= 0.3 is 12.1 Å². The number of alkyl halides is 3. The molecule has 2 aliphatic heterocycles. The van der Waals surface area contributed by atoms with Gasteiger partial charge in [0.05, 0.1) is 11.3 Å². The van der Waals surface area contributed by atoms with Crippen LogP contribution in [0.4, 0.5) is 13.2 Å². The van der Waals surface area contributed by atoms with E-state index in [0.717, 1.165) is 36.7 Å². The first-order valence-electron chi connectivity index (χ1n) is 12.7. The van der Waals surface area contributed by atoms with Crippen LogP contribution in [0.3, 0.4) is 0 Å². The van der Waals surface area contributed by atoms with Gasteiger partial charge in [0.1, 0.15) is 6.04 Å². The highest BCUT2D eigenvalue weighted by atomic mass is 35.5. The summed E-state index contributed by atoms with van der Waals surface area (Å²) in [5, 5.41) is 13.2. The van der Waals surface area contributed by atoms with E-state index in [2.05, 4.69) is 15.5 Å². The lowest BCUT2D eigenvalue weighted by atomic mass is 10.1. The number of halogens is 4. The number of nitrogens with zero attached hydrogens (tertiary/aromatic N) is 2. The standard InChI is InChI=1S/C23H31ClN4O4S.C2HF3O2/c1-15-13-21(16(2)12-19(15)24)33(31,32)28-11-8-25-23(30)20(28)14-22(29)26-17-4-3-9-27(10-7-17)18-5-6-18;3-2(4,5)1(6)7/h8,11-13,17-18,20H,3-7,9-10,14H2,1-2H3,(H,25,30)(H,26,29);(H,6,7)/t17-,20-;/m1./s1. The van der Waals surface area contributed by atoms with Crippen LogP contribution in [0.1, 0.15) is 49.7 Å². The highest BCUT2D eigenvalue weighted by Crippen LogP contribution is 2.30. The molecule has 0 aromatic heterocycles.